The maximum Gasteiger partial charge on any atom is 0.312 e. The Morgan fingerprint density at radius 1 is 1.22 bits per heavy atom. The van der Waals surface area contributed by atoms with E-state index in [2.05, 4.69) is 5.10 Å². The molecule has 1 saturated carbocycles. The number of carbonyl (C=O) groups is 1. The van der Waals surface area contributed by atoms with Gasteiger partial charge in [-0.3, -0.25) is 19.6 Å². The van der Waals surface area contributed by atoms with E-state index >= 15 is 0 Å². The predicted octanol–water partition coefficient (Wildman–Crippen LogP) is 1.76. The molecular weight excluding hydrogens is 372 g/mol. The van der Waals surface area contributed by atoms with Crippen LogP contribution in [-0.4, -0.2) is 57.5 Å². The van der Waals surface area contributed by atoms with Crippen LogP contribution < -0.4 is 0 Å². The van der Waals surface area contributed by atoms with Gasteiger partial charge in [0.25, 0.3) is 0 Å². The predicted molar refractivity (Wildman–Crippen MR) is 99.1 cm³/mol. The highest BCUT2D eigenvalue weighted by molar-refractivity contribution is 7.91. The summed E-state index contributed by atoms with van der Waals surface area (Å²) in [7, 11) is -3.11. The molecule has 2 fully saturated rings. The van der Waals surface area contributed by atoms with Gasteiger partial charge in [-0.1, -0.05) is 19.3 Å². The highest BCUT2D eigenvalue weighted by atomic mass is 32.2. The van der Waals surface area contributed by atoms with E-state index in [0.29, 0.717) is 12.1 Å². The van der Waals surface area contributed by atoms with Crippen molar-refractivity contribution in [3.05, 3.63) is 21.5 Å². The third-order valence-corrected chi connectivity index (χ3v) is 7.42. The van der Waals surface area contributed by atoms with Crippen LogP contribution in [0.25, 0.3) is 0 Å². The highest BCUT2D eigenvalue weighted by Crippen LogP contribution is 2.29. The number of rotatable bonds is 5. The van der Waals surface area contributed by atoms with Crippen LogP contribution in [0.5, 0.6) is 0 Å². The number of carbonyl (C=O) groups excluding carboxylic acids is 1. The van der Waals surface area contributed by atoms with Gasteiger partial charge in [-0.25, -0.2) is 8.42 Å². The van der Waals surface area contributed by atoms with Crippen LogP contribution in [0.3, 0.4) is 0 Å². The first-order chi connectivity index (χ1) is 12.7. The molecule has 1 amide bonds. The number of amides is 1. The summed E-state index contributed by atoms with van der Waals surface area (Å²) in [6.07, 6.45) is 5.39. The van der Waals surface area contributed by atoms with Gasteiger partial charge in [0.2, 0.25) is 5.91 Å². The zero-order valence-electron chi connectivity index (χ0n) is 15.8. The van der Waals surface area contributed by atoms with Crippen molar-refractivity contribution in [3.63, 3.8) is 0 Å². The van der Waals surface area contributed by atoms with Gasteiger partial charge in [0.15, 0.2) is 9.84 Å². The first kappa shape index (κ1) is 19.8. The van der Waals surface area contributed by atoms with Gasteiger partial charge < -0.3 is 4.90 Å². The Labute approximate surface area is 158 Å². The van der Waals surface area contributed by atoms with E-state index < -0.39 is 14.8 Å². The van der Waals surface area contributed by atoms with Crippen molar-refractivity contribution in [1.29, 1.82) is 0 Å². The molecule has 0 aromatic carbocycles. The number of aryl methyl sites for hydroxylation is 1. The van der Waals surface area contributed by atoms with Gasteiger partial charge in [0, 0.05) is 12.1 Å². The summed E-state index contributed by atoms with van der Waals surface area (Å²) in [6, 6.07) is -0.269. The van der Waals surface area contributed by atoms with E-state index in [1.54, 1.807) is 18.7 Å². The van der Waals surface area contributed by atoms with Gasteiger partial charge in [-0.05, 0) is 33.1 Å². The Kier molecular flexibility index (Phi) is 5.55. The molecule has 1 aromatic heterocycles. The molecule has 2 heterocycles. The van der Waals surface area contributed by atoms with Gasteiger partial charge >= 0.3 is 5.69 Å². The van der Waals surface area contributed by atoms with Gasteiger partial charge in [-0.2, -0.15) is 5.10 Å². The van der Waals surface area contributed by atoms with E-state index in [9.17, 15) is 23.3 Å². The van der Waals surface area contributed by atoms with Crippen molar-refractivity contribution < 1.29 is 18.1 Å². The van der Waals surface area contributed by atoms with Crippen LogP contribution in [0.2, 0.25) is 0 Å². The molecule has 0 N–H and O–H groups in total. The molecule has 1 saturated heterocycles. The van der Waals surface area contributed by atoms with Crippen LogP contribution in [0, 0.1) is 24.0 Å². The minimum absolute atomic E-state index is 0.00645. The number of nitro groups is 1. The average molecular weight is 398 g/mol. The fraction of sp³-hybridized carbons (Fsp3) is 0.765. The van der Waals surface area contributed by atoms with Crippen molar-refractivity contribution in [2.45, 2.75) is 71.0 Å². The topological polar surface area (TPSA) is 115 Å². The van der Waals surface area contributed by atoms with Crippen molar-refractivity contribution in [2.24, 2.45) is 0 Å². The fourth-order valence-corrected chi connectivity index (χ4v) is 6.09. The van der Waals surface area contributed by atoms with Gasteiger partial charge in [-0.15, -0.1) is 0 Å². The quantitative estimate of drug-likeness (QED) is 0.551. The van der Waals surface area contributed by atoms with Gasteiger partial charge in [0.1, 0.15) is 17.9 Å². The van der Waals surface area contributed by atoms with E-state index in [0.717, 1.165) is 32.1 Å². The number of aromatic nitrogens is 2. The van der Waals surface area contributed by atoms with E-state index in [4.69, 9.17) is 0 Å². The molecule has 0 radical (unpaired) electrons. The van der Waals surface area contributed by atoms with Gasteiger partial charge in [0.05, 0.1) is 16.4 Å². The largest absolute Gasteiger partial charge is 0.334 e. The first-order valence-corrected chi connectivity index (χ1v) is 11.2. The van der Waals surface area contributed by atoms with Crippen molar-refractivity contribution in [2.75, 3.05) is 11.5 Å². The summed E-state index contributed by atoms with van der Waals surface area (Å²) in [6.45, 7) is 3.03. The maximum atomic E-state index is 13.2. The normalized spacial score (nSPS) is 22.7. The zero-order chi connectivity index (χ0) is 19.8. The molecule has 10 heteroatoms. The second-order valence-electron chi connectivity index (χ2n) is 7.58. The number of hydrogen-bond donors (Lipinski definition) is 0. The summed E-state index contributed by atoms with van der Waals surface area (Å²) in [5, 5.41) is 15.4. The Morgan fingerprint density at radius 3 is 2.41 bits per heavy atom. The lowest BCUT2D eigenvalue weighted by Crippen LogP contribution is -2.50. The van der Waals surface area contributed by atoms with E-state index in [1.807, 2.05) is 0 Å². The van der Waals surface area contributed by atoms with Crippen molar-refractivity contribution in [3.8, 4) is 0 Å². The Morgan fingerprint density at radius 2 is 1.89 bits per heavy atom. The second kappa shape index (κ2) is 7.57. The third-order valence-electron chi connectivity index (χ3n) is 5.67. The number of nitrogens with zero attached hydrogens (tertiary/aromatic N) is 4. The first-order valence-electron chi connectivity index (χ1n) is 9.39. The molecule has 1 atom stereocenters. The number of sulfone groups is 1. The molecule has 1 aliphatic heterocycles. The molecular formula is C17H26N4O5S. The lowest BCUT2D eigenvalue weighted by molar-refractivity contribution is -0.386. The molecule has 2 aliphatic rings. The molecule has 0 spiro atoms. The summed E-state index contributed by atoms with van der Waals surface area (Å²) in [5.41, 5.74) is 0.543. The molecule has 9 nitrogen and oxygen atoms in total. The Bertz CT molecular complexity index is 842. The lowest BCUT2D eigenvalue weighted by Gasteiger charge is -2.38. The zero-order valence-corrected chi connectivity index (χ0v) is 16.6. The second-order valence-corrected chi connectivity index (χ2v) is 9.81. The summed E-state index contributed by atoms with van der Waals surface area (Å²) in [5.74, 6) is -0.0871. The molecule has 3 rings (SSSR count). The molecule has 0 bridgehead atoms. The van der Waals surface area contributed by atoms with E-state index in [-0.39, 0.29) is 47.4 Å². The van der Waals surface area contributed by atoms with Crippen LogP contribution in [0.15, 0.2) is 0 Å². The summed E-state index contributed by atoms with van der Waals surface area (Å²) in [4.78, 5) is 25.6. The summed E-state index contributed by atoms with van der Waals surface area (Å²) >= 11 is 0. The monoisotopic (exact) mass is 398 g/mol. The maximum absolute atomic E-state index is 13.2. The summed E-state index contributed by atoms with van der Waals surface area (Å²) < 4.78 is 25.3. The molecule has 150 valence electrons. The molecule has 0 unspecified atom stereocenters. The van der Waals surface area contributed by atoms with Crippen LogP contribution in [-0.2, 0) is 21.2 Å². The number of hydrogen-bond acceptors (Lipinski definition) is 6. The van der Waals surface area contributed by atoms with E-state index in [1.165, 1.54) is 4.68 Å². The SMILES string of the molecule is Cc1nn(CC(=O)N(C2CCCCC2)[C@H]2CCS(=O)(=O)C2)c(C)c1[N+](=O)[O-]. The highest BCUT2D eigenvalue weighted by Gasteiger charge is 2.39. The standard InChI is InChI=1S/C17H26N4O5S/c1-12-17(21(23)24)13(2)19(18-12)10-16(22)20(14-6-4-3-5-7-14)15-8-9-27(25,26)11-15/h14-15H,3-11H2,1-2H3/t15-/m0/s1. The fourth-order valence-electron chi connectivity index (χ4n) is 4.37. The van der Waals surface area contributed by atoms with Crippen molar-refractivity contribution >= 4 is 21.4 Å². The van der Waals surface area contributed by atoms with Crippen LogP contribution in [0.1, 0.15) is 49.9 Å². The van der Waals surface area contributed by atoms with Crippen molar-refractivity contribution in [1.82, 2.24) is 14.7 Å². The Balaban J connectivity index is 1.85. The average Bonchev–Trinajstić information content (AvgIpc) is 3.07. The Hall–Kier alpha value is -1.97. The van der Waals surface area contributed by atoms with Crippen LogP contribution in [0.4, 0.5) is 5.69 Å². The molecule has 1 aliphatic carbocycles. The molecule has 27 heavy (non-hydrogen) atoms. The third kappa shape index (κ3) is 4.15. The molecule has 1 aromatic rings. The van der Waals surface area contributed by atoms with Crippen LogP contribution >= 0.6 is 0 Å². The lowest BCUT2D eigenvalue weighted by atomic mass is 9.93. The smallest absolute Gasteiger partial charge is 0.312 e. The minimum Gasteiger partial charge on any atom is -0.334 e. The minimum atomic E-state index is -3.11.